The first kappa shape index (κ1) is 19.0. The summed E-state index contributed by atoms with van der Waals surface area (Å²) >= 11 is 0. The van der Waals surface area contributed by atoms with Crippen molar-refractivity contribution >= 4 is 11.9 Å². The molecule has 23 heavy (non-hydrogen) atoms. The van der Waals surface area contributed by atoms with Crippen LogP contribution in [0.5, 0.6) is 0 Å². The van der Waals surface area contributed by atoms with Gasteiger partial charge < -0.3 is 16.0 Å². The monoisotopic (exact) mass is 320 g/mol. The minimum absolute atomic E-state index is 0.0129. The Labute approximate surface area is 138 Å². The standard InChI is InChI=1S/C17H28N4O2/c1-4-18-16(22)13-20-17(23)19-12-15(21(5-2)6-3)14-10-8-7-9-11-14/h7-11,15H,4-6,12-13H2,1-3H3,(H,18,22)(H2,19,20,23). The zero-order chi connectivity index (χ0) is 17.1. The number of urea groups is 1. The Balaban J connectivity index is 2.57. The molecule has 0 heterocycles. The van der Waals surface area contributed by atoms with Crippen LogP contribution in [0.1, 0.15) is 32.4 Å². The van der Waals surface area contributed by atoms with Crippen molar-refractivity contribution in [2.75, 3.05) is 32.7 Å². The molecule has 3 N–H and O–H groups in total. The van der Waals surface area contributed by atoms with Crippen LogP contribution in [0.3, 0.4) is 0 Å². The average molecular weight is 320 g/mol. The van der Waals surface area contributed by atoms with Crippen LogP contribution < -0.4 is 16.0 Å². The maximum atomic E-state index is 11.9. The van der Waals surface area contributed by atoms with Crippen molar-refractivity contribution in [1.29, 1.82) is 0 Å². The normalized spacial score (nSPS) is 11.8. The smallest absolute Gasteiger partial charge is 0.315 e. The molecule has 0 saturated heterocycles. The van der Waals surface area contributed by atoms with Gasteiger partial charge in [0.2, 0.25) is 5.91 Å². The van der Waals surface area contributed by atoms with E-state index in [0.29, 0.717) is 13.1 Å². The first-order valence-corrected chi connectivity index (χ1v) is 8.19. The molecule has 3 amide bonds. The van der Waals surface area contributed by atoms with Gasteiger partial charge in [0.25, 0.3) is 0 Å². The van der Waals surface area contributed by atoms with Gasteiger partial charge in [-0.05, 0) is 25.6 Å². The quantitative estimate of drug-likeness (QED) is 0.646. The maximum Gasteiger partial charge on any atom is 0.315 e. The van der Waals surface area contributed by atoms with Gasteiger partial charge in [-0.3, -0.25) is 9.69 Å². The average Bonchev–Trinajstić information content (AvgIpc) is 2.57. The van der Waals surface area contributed by atoms with Gasteiger partial charge in [0, 0.05) is 13.1 Å². The van der Waals surface area contributed by atoms with Crippen molar-refractivity contribution in [3.63, 3.8) is 0 Å². The number of carbonyl (C=O) groups excluding carboxylic acids is 2. The van der Waals surface area contributed by atoms with Gasteiger partial charge in [-0.2, -0.15) is 0 Å². The number of likely N-dealkylation sites (N-methyl/N-ethyl adjacent to an activating group) is 2. The summed E-state index contributed by atoms with van der Waals surface area (Å²) in [5.41, 5.74) is 1.17. The van der Waals surface area contributed by atoms with Crippen molar-refractivity contribution < 1.29 is 9.59 Å². The molecule has 0 aliphatic heterocycles. The van der Waals surface area contributed by atoms with Crippen LogP contribution in [0.4, 0.5) is 4.79 Å². The van der Waals surface area contributed by atoms with Crippen LogP contribution in [0, 0.1) is 0 Å². The minimum atomic E-state index is -0.329. The number of hydrogen-bond acceptors (Lipinski definition) is 3. The molecule has 0 fully saturated rings. The second-order valence-electron chi connectivity index (χ2n) is 5.16. The number of nitrogens with one attached hydrogen (secondary N) is 3. The van der Waals surface area contributed by atoms with Gasteiger partial charge in [-0.15, -0.1) is 0 Å². The lowest BCUT2D eigenvalue weighted by Crippen LogP contribution is -2.45. The molecule has 0 bridgehead atoms. The van der Waals surface area contributed by atoms with E-state index in [9.17, 15) is 9.59 Å². The van der Waals surface area contributed by atoms with Crippen LogP contribution in [0.2, 0.25) is 0 Å². The van der Waals surface area contributed by atoms with E-state index in [2.05, 4.69) is 46.8 Å². The molecule has 1 aromatic rings. The van der Waals surface area contributed by atoms with E-state index in [-0.39, 0.29) is 24.5 Å². The number of rotatable bonds is 9. The number of benzene rings is 1. The van der Waals surface area contributed by atoms with Gasteiger partial charge in [0.1, 0.15) is 0 Å². The molecule has 0 aromatic heterocycles. The van der Waals surface area contributed by atoms with Crippen LogP contribution in [0.25, 0.3) is 0 Å². The van der Waals surface area contributed by atoms with Crippen LogP contribution >= 0.6 is 0 Å². The molecule has 1 unspecified atom stereocenters. The molecule has 0 aliphatic rings. The van der Waals surface area contributed by atoms with E-state index in [1.54, 1.807) is 0 Å². The minimum Gasteiger partial charge on any atom is -0.355 e. The Bertz CT molecular complexity index is 475. The second-order valence-corrected chi connectivity index (χ2v) is 5.16. The van der Waals surface area contributed by atoms with E-state index in [1.807, 2.05) is 25.1 Å². The number of carbonyl (C=O) groups is 2. The fourth-order valence-corrected chi connectivity index (χ4v) is 2.47. The summed E-state index contributed by atoms with van der Waals surface area (Å²) in [6.07, 6.45) is 0. The van der Waals surface area contributed by atoms with Crippen molar-refractivity contribution in [3.8, 4) is 0 Å². The van der Waals surface area contributed by atoms with Crippen LogP contribution in [-0.2, 0) is 4.79 Å². The molecule has 6 nitrogen and oxygen atoms in total. The van der Waals surface area contributed by atoms with E-state index in [0.717, 1.165) is 13.1 Å². The van der Waals surface area contributed by atoms with Crippen molar-refractivity contribution in [2.24, 2.45) is 0 Å². The fraction of sp³-hybridized carbons (Fsp3) is 0.529. The molecule has 128 valence electrons. The Morgan fingerprint density at radius 3 is 2.22 bits per heavy atom. The highest BCUT2D eigenvalue weighted by Gasteiger charge is 2.18. The third-order valence-electron chi connectivity index (χ3n) is 3.68. The van der Waals surface area contributed by atoms with Crippen LogP contribution in [0.15, 0.2) is 30.3 Å². The van der Waals surface area contributed by atoms with Gasteiger partial charge in [-0.1, -0.05) is 44.2 Å². The zero-order valence-corrected chi connectivity index (χ0v) is 14.3. The Hall–Kier alpha value is -2.08. The Morgan fingerprint density at radius 2 is 1.65 bits per heavy atom. The summed E-state index contributed by atoms with van der Waals surface area (Å²) in [7, 11) is 0. The van der Waals surface area contributed by atoms with E-state index in [4.69, 9.17) is 0 Å². The number of amides is 3. The highest BCUT2D eigenvalue weighted by molar-refractivity contribution is 5.83. The Kier molecular flexibility index (Phi) is 8.75. The van der Waals surface area contributed by atoms with Crippen LogP contribution in [-0.4, -0.2) is 49.6 Å². The molecule has 1 atom stereocenters. The SMILES string of the molecule is CCNC(=O)CNC(=O)NCC(c1ccccc1)N(CC)CC. The number of nitrogens with zero attached hydrogens (tertiary/aromatic N) is 1. The van der Waals surface area contributed by atoms with Gasteiger partial charge in [0.05, 0.1) is 12.6 Å². The molecule has 1 rings (SSSR count). The lowest BCUT2D eigenvalue weighted by Gasteiger charge is -2.30. The molecule has 1 aromatic carbocycles. The van der Waals surface area contributed by atoms with E-state index in [1.165, 1.54) is 5.56 Å². The summed E-state index contributed by atoms with van der Waals surface area (Å²) < 4.78 is 0. The molecule has 0 radical (unpaired) electrons. The lowest BCUT2D eigenvalue weighted by molar-refractivity contribution is -0.119. The summed E-state index contributed by atoms with van der Waals surface area (Å²) in [5, 5.41) is 8.06. The predicted molar refractivity (Wildman–Crippen MR) is 92.2 cm³/mol. The Morgan fingerprint density at radius 1 is 1.00 bits per heavy atom. The topological polar surface area (TPSA) is 73.5 Å². The first-order chi connectivity index (χ1) is 11.1. The third kappa shape index (κ3) is 6.69. The summed E-state index contributed by atoms with van der Waals surface area (Å²) in [4.78, 5) is 25.5. The molecular formula is C17H28N4O2. The highest BCUT2D eigenvalue weighted by atomic mass is 16.2. The maximum absolute atomic E-state index is 11.9. The molecule has 0 aliphatic carbocycles. The fourth-order valence-electron chi connectivity index (χ4n) is 2.47. The van der Waals surface area contributed by atoms with Crippen molar-refractivity contribution in [1.82, 2.24) is 20.9 Å². The third-order valence-corrected chi connectivity index (χ3v) is 3.68. The van der Waals surface area contributed by atoms with Gasteiger partial charge >= 0.3 is 6.03 Å². The van der Waals surface area contributed by atoms with E-state index < -0.39 is 0 Å². The predicted octanol–water partition coefficient (Wildman–Crippen LogP) is 1.50. The molecule has 0 saturated carbocycles. The van der Waals surface area contributed by atoms with Gasteiger partial charge in [0.15, 0.2) is 0 Å². The molecular weight excluding hydrogens is 292 g/mol. The zero-order valence-electron chi connectivity index (χ0n) is 14.3. The molecule has 0 spiro atoms. The second kappa shape index (κ2) is 10.6. The van der Waals surface area contributed by atoms with E-state index >= 15 is 0 Å². The largest absolute Gasteiger partial charge is 0.355 e. The summed E-state index contributed by atoms with van der Waals surface area (Å²) in [5.74, 6) is -0.189. The summed E-state index contributed by atoms with van der Waals surface area (Å²) in [6, 6.07) is 9.90. The van der Waals surface area contributed by atoms with Gasteiger partial charge in [-0.25, -0.2) is 4.79 Å². The number of hydrogen-bond donors (Lipinski definition) is 3. The highest BCUT2D eigenvalue weighted by Crippen LogP contribution is 2.19. The lowest BCUT2D eigenvalue weighted by atomic mass is 10.1. The summed E-state index contributed by atoms with van der Waals surface area (Å²) in [6.45, 7) is 8.89. The van der Waals surface area contributed by atoms with Crippen molar-refractivity contribution in [3.05, 3.63) is 35.9 Å². The molecule has 6 heteroatoms. The first-order valence-electron chi connectivity index (χ1n) is 8.19. The van der Waals surface area contributed by atoms with Crippen molar-refractivity contribution in [2.45, 2.75) is 26.8 Å².